The number of carbonyl (C=O) groups is 1. The smallest absolute Gasteiger partial charge is 0.297 e. The lowest BCUT2D eigenvalue weighted by molar-refractivity contribution is -0.242. The molecule has 1 aliphatic rings. The average Bonchev–Trinajstić information content (AvgIpc) is 1.85. The Labute approximate surface area is 72.9 Å². The highest BCUT2D eigenvalue weighted by molar-refractivity contribution is 6.26. The van der Waals surface area contributed by atoms with E-state index in [0.717, 1.165) is 13.8 Å². The molecule has 1 saturated carbocycles. The number of alkyl halides is 4. The molecule has 1 nitrogen and oxygen atoms in total. The molecule has 0 aromatic carbocycles. The molecule has 0 heterocycles. The first-order valence-corrected chi connectivity index (χ1v) is 3.80. The molecule has 5 heteroatoms. The van der Waals surface area contributed by atoms with Gasteiger partial charge in [0.2, 0.25) is 0 Å². The van der Waals surface area contributed by atoms with E-state index in [4.69, 9.17) is 11.6 Å². The molecule has 0 saturated heterocycles. The fourth-order valence-electron chi connectivity index (χ4n) is 1.31. The maximum Gasteiger partial charge on any atom is 0.297 e. The minimum absolute atomic E-state index is 0.647. The summed E-state index contributed by atoms with van der Waals surface area (Å²) in [6.45, 7) is 2.17. The molecular formula is C7H8ClF3O. The van der Waals surface area contributed by atoms with Crippen molar-refractivity contribution in [3.63, 3.8) is 0 Å². The van der Waals surface area contributed by atoms with E-state index in [0.29, 0.717) is 0 Å². The van der Waals surface area contributed by atoms with E-state index in [1.54, 1.807) is 0 Å². The average molecular weight is 201 g/mol. The van der Waals surface area contributed by atoms with Crippen molar-refractivity contribution in [1.29, 1.82) is 0 Å². The number of halogens is 4. The van der Waals surface area contributed by atoms with E-state index >= 15 is 0 Å². The molecule has 0 aromatic rings. The first kappa shape index (κ1) is 9.84. The number of hydrogen-bond acceptors (Lipinski definition) is 1. The molecule has 0 amide bonds. The van der Waals surface area contributed by atoms with Crippen LogP contribution in [0.15, 0.2) is 0 Å². The Morgan fingerprint density at radius 3 is 1.92 bits per heavy atom. The largest absolute Gasteiger partial charge is 0.299 e. The molecule has 2 unspecified atom stereocenters. The van der Waals surface area contributed by atoms with Crippen LogP contribution < -0.4 is 0 Å². The first-order valence-electron chi connectivity index (χ1n) is 3.42. The maximum atomic E-state index is 13.1. The monoisotopic (exact) mass is 200 g/mol. The molecule has 0 bridgehead atoms. The number of hydrogen-bond donors (Lipinski definition) is 0. The molecule has 0 aromatic heterocycles. The fourth-order valence-corrected chi connectivity index (χ4v) is 1.58. The van der Waals surface area contributed by atoms with Crippen LogP contribution in [0.25, 0.3) is 0 Å². The van der Waals surface area contributed by atoms with Gasteiger partial charge in [0.05, 0.1) is 5.41 Å². The zero-order chi connectivity index (χ0) is 9.78. The van der Waals surface area contributed by atoms with E-state index < -0.39 is 28.7 Å². The van der Waals surface area contributed by atoms with Gasteiger partial charge in [-0.05, 0) is 13.8 Å². The van der Waals surface area contributed by atoms with E-state index in [2.05, 4.69) is 0 Å². The molecule has 1 rings (SSSR count). The van der Waals surface area contributed by atoms with Crippen LogP contribution in [0.3, 0.4) is 0 Å². The fraction of sp³-hybridized carbons (Fsp3) is 0.857. The third-order valence-electron chi connectivity index (χ3n) is 2.50. The van der Waals surface area contributed by atoms with Crippen LogP contribution in [0.2, 0.25) is 0 Å². The van der Waals surface area contributed by atoms with Crippen LogP contribution in [0.1, 0.15) is 20.3 Å². The Morgan fingerprint density at radius 1 is 1.42 bits per heavy atom. The molecule has 1 fully saturated rings. The van der Waals surface area contributed by atoms with Crippen molar-refractivity contribution in [2.75, 3.05) is 0 Å². The van der Waals surface area contributed by atoms with Gasteiger partial charge < -0.3 is 0 Å². The van der Waals surface area contributed by atoms with Gasteiger partial charge in [-0.2, -0.15) is 0 Å². The Hall–Kier alpha value is -0.250. The lowest BCUT2D eigenvalue weighted by atomic mass is 9.63. The molecular weight excluding hydrogens is 193 g/mol. The summed E-state index contributed by atoms with van der Waals surface area (Å²) in [5.74, 6) is -4.24. The zero-order valence-electron chi connectivity index (χ0n) is 6.63. The van der Waals surface area contributed by atoms with Crippen LogP contribution >= 0.6 is 11.6 Å². The van der Waals surface area contributed by atoms with Crippen LogP contribution in [-0.2, 0) is 4.79 Å². The molecule has 12 heavy (non-hydrogen) atoms. The quantitative estimate of drug-likeness (QED) is 0.595. The second-order valence-corrected chi connectivity index (χ2v) is 3.86. The summed E-state index contributed by atoms with van der Waals surface area (Å²) in [6, 6.07) is 0. The Bertz CT molecular complexity index is 239. The van der Waals surface area contributed by atoms with Gasteiger partial charge in [0.25, 0.3) is 11.1 Å². The van der Waals surface area contributed by atoms with Crippen LogP contribution in [0.4, 0.5) is 13.2 Å². The number of Topliss-reactive ketones (excluding diaryl/α,β-unsaturated/α-hetero) is 1. The second-order valence-electron chi connectivity index (χ2n) is 3.34. The molecule has 0 spiro atoms. The molecule has 1 aliphatic carbocycles. The van der Waals surface area contributed by atoms with Gasteiger partial charge in [-0.15, -0.1) is 0 Å². The van der Waals surface area contributed by atoms with E-state index in [1.807, 2.05) is 0 Å². The first-order chi connectivity index (χ1) is 5.15. The van der Waals surface area contributed by atoms with E-state index in [9.17, 15) is 18.0 Å². The molecule has 70 valence electrons. The summed E-state index contributed by atoms with van der Waals surface area (Å²) in [6.07, 6.45) is -0.810. The lowest BCUT2D eigenvalue weighted by Gasteiger charge is -2.52. The predicted octanol–water partition coefficient (Wildman–Crippen LogP) is 2.53. The topological polar surface area (TPSA) is 17.1 Å². The Morgan fingerprint density at radius 2 is 1.83 bits per heavy atom. The summed E-state index contributed by atoms with van der Waals surface area (Å²) in [4.78, 5) is 10.8. The van der Waals surface area contributed by atoms with Crippen molar-refractivity contribution in [3.05, 3.63) is 0 Å². The van der Waals surface area contributed by atoms with Crippen LogP contribution in [0.5, 0.6) is 0 Å². The Kier molecular flexibility index (Phi) is 1.77. The number of carbonyl (C=O) groups excluding carboxylic acids is 1. The van der Waals surface area contributed by atoms with Crippen molar-refractivity contribution < 1.29 is 18.0 Å². The van der Waals surface area contributed by atoms with Crippen molar-refractivity contribution in [2.24, 2.45) is 5.41 Å². The molecule has 0 aliphatic heterocycles. The van der Waals surface area contributed by atoms with Gasteiger partial charge in [-0.1, -0.05) is 11.6 Å². The van der Waals surface area contributed by atoms with Crippen LogP contribution in [0, 0.1) is 5.41 Å². The van der Waals surface area contributed by atoms with Crippen molar-refractivity contribution >= 4 is 17.4 Å². The standard InChI is InChI=1S/C7H8ClF3O/c1-4(12)5(2)3-6(9,10)7(5,8)11/h3H2,1-2H3. The molecule has 2 atom stereocenters. The molecule has 0 radical (unpaired) electrons. The van der Waals surface area contributed by atoms with Gasteiger partial charge in [-0.3, -0.25) is 4.79 Å². The number of ketones is 1. The highest BCUT2D eigenvalue weighted by Gasteiger charge is 2.77. The van der Waals surface area contributed by atoms with Crippen LogP contribution in [-0.4, -0.2) is 16.8 Å². The summed E-state index contributed by atoms with van der Waals surface area (Å²) < 4.78 is 38.1. The van der Waals surface area contributed by atoms with Gasteiger partial charge in [-0.25, -0.2) is 13.2 Å². The van der Waals surface area contributed by atoms with Gasteiger partial charge in [0.15, 0.2) is 0 Å². The minimum atomic E-state index is -3.59. The summed E-state index contributed by atoms with van der Waals surface area (Å²) in [5, 5.41) is -3.22. The highest BCUT2D eigenvalue weighted by Crippen LogP contribution is 2.64. The Balaban J connectivity index is 2.99. The maximum absolute atomic E-state index is 13.1. The molecule has 0 N–H and O–H groups in total. The van der Waals surface area contributed by atoms with Crippen molar-refractivity contribution in [2.45, 2.75) is 31.3 Å². The predicted molar refractivity (Wildman–Crippen MR) is 38.0 cm³/mol. The zero-order valence-corrected chi connectivity index (χ0v) is 7.38. The lowest BCUT2D eigenvalue weighted by Crippen LogP contribution is -2.67. The second kappa shape index (κ2) is 2.16. The van der Waals surface area contributed by atoms with E-state index in [-0.39, 0.29) is 0 Å². The third kappa shape index (κ3) is 0.843. The summed E-state index contributed by atoms with van der Waals surface area (Å²) in [5.41, 5.74) is -1.74. The van der Waals surface area contributed by atoms with Gasteiger partial charge in [0.1, 0.15) is 5.78 Å². The normalized spacial score (nSPS) is 45.2. The van der Waals surface area contributed by atoms with Gasteiger partial charge >= 0.3 is 0 Å². The highest BCUT2D eigenvalue weighted by atomic mass is 35.5. The summed E-state index contributed by atoms with van der Waals surface area (Å²) in [7, 11) is 0. The summed E-state index contributed by atoms with van der Waals surface area (Å²) >= 11 is 4.96. The van der Waals surface area contributed by atoms with E-state index in [1.165, 1.54) is 0 Å². The third-order valence-corrected chi connectivity index (χ3v) is 3.20. The van der Waals surface area contributed by atoms with Crippen molar-refractivity contribution in [1.82, 2.24) is 0 Å². The number of rotatable bonds is 1. The SMILES string of the molecule is CC(=O)C1(C)CC(F)(F)C1(F)Cl. The van der Waals surface area contributed by atoms with Crippen molar-refractivity contribution in [3.8, 4) is 0 Å². The van der Waals surface area contributed by atoms with Gasteiger partial charge in [0, 0.05) is 6.42 Å². The minimum Gasteiger partial charge on any atom is -0.299 e.